The van der Waals surface area contributed by atoms with Crippen LogP contribution in [0.3, 0.4) is 0 Å². The second-order valence-corrected chi connectivity index (χ2v) is 8.33. The fourth-order valence-electron chi connectivity index (χ4n) is 3.46. The first-order valence-corrected chi connectivity index (χ1v) is 11.9. The SMILES string of the molecule is COc1cc(/C=N\NC(=O)CSc2nnc(-c3ccccc3)n2-c2ccccc2)cc(OC)c1OC. The van der Waals surface area contributed by atoms with E-state index in [1.54, 1.807) is 12.1 Å². The highest BCUT2D eigenvalue weighted by Gasteiger charge is 2.17. The lowest BCUT2D eigenvalue weighted by molar-refractivity contribution is -0.118. The number of para-hydroxylation sites is 1. The van der Waals surface area contributed by atoms with Crippen LogP contribution in [0.15, 0.2) is 83.1 Å². The van der Waals surface area contributed by atoms with Crippen LogP contribution in [0.25, 0.3) is 17.1 Å². The second kappa shape index (κ2) is 11.9. The molecule has 0 saturated carbocycles. The molecule has 0 saturated heterocycles. The number of hydrogen-bond donors (Lipinski definition) is 1. The summed E-state index contributed by atoms with van der Waals surface area (Å²) in [4.78, 5) is 12.5. The van der Waals surface area contributed by atoms with Gasteiger partial charge in [0.15, 0.2) is 22.5 Å². The molecule has 0 unspecified atom stereocenters. The molecule has 4 aromatic rings. The molecular weight excluding hydrogens is 478 g/mol. The number of hydrazone groups is 1. The number of ether oxygens (including phenoxy) is 3. The predicted octanol–water partition coefficient (Wildman–Crippen LogP) is 4.20. The Labute approximate surface area is 213 Å². The summed E-state index contributed by atoms with van der Waals surface area (Å²) in [7, 11) is 4.61. The van der Waals surface area contributed by atoms with Crippen molar-refractivity contribution < 1.29 is 19.0 Å². The van der Waals surface area contributed by atoms with E-state index in [1.165, 1.54) is 39.3 Å². The Balaban J connectivity index is 1.46. The van der Waals surface area contributed by atoms with Crippen molar-refractivity contribution >= 4 is 23.9 Å². The van der Waals surface area contributed by atoms with Crippen molar-refractivity contribution in [3.8, 4) is 34.3 Å². The third-order valence-corrected chi connectivity index (χ3v) is 6.03. The second-order valence-electron chi connectivity index (χ2n) is 7.38. The number of aromatic nitrogens is 3. The predicted molar refractivity (Wildman–Crippen MR) is 139 cm³/mol. The van der Waals surface area contributed by atoms with Gasteiger partial charge in [0, 0.05) is 16.8 Å². The van der Waals surface area contributed by atoms with E-state index in [0.29, 0.717) is 33.8 Å². The minimum absolute atomic E-state index is 0.104. The molecule has 0 bridgehead atoms. The van der Waals surface area contributed by atoms with Gasteiger partial charge in [0.05, 0.1) is 33.3 Å². The Hall–Kier alpha value is -4.31. The normalized spacial score (nSPS) is 10.9. The molecule has 0 atom stereocenters. The highest BCUT2D eigenvalue weighted by Crippen LogP contribution is 2.37. The van der Waals surface area contributed by atoms with Gasteiger partial charge in [-0.1, -0.05) is 60.3 Å². The topological polar surface area (TPSA) is 99.9 Å². The fourth-order valence-corrected chi connectivity index (χ4v) is 4.21. The van der Waals surface area contributed by atoms with Crippen molar-refractivity contribution in [2.24, 2.45) is 5.10 Å². The maximum atomic E-state index is 12.5. The van der Waals surface area contributed by atoms with Crippen LogP contribution < -0.4 is 19.6 Å². The molecule has 3 aromatic carbocycles. The molecule has 0 aliphatic carbocycles. The minimum atomic E-state index is -0.285. The molecule has 0 fully saturated rings. The molecule has 9 nitrogen and oxygen atoms in total. The van der Waals surface area contributed by atoms with Gasteiger partial charge in [-0.05, 0) is 24.3 Å². The summed E-state index contributed by atoms with van der Waals surface area (Å²) in [5.41, 5.74) is 5.05. The van der Waals surface area contributed by atoms with E-state index < -0.39 is 0 Å². The quantitative estimate of drug-likeness (QED) is 0.197. The van der Waals surface area contributed by atoms with Crippen molar-refractivity contribution in [1.29, 1.82) is 0 Å². The molecule has 10 heteroatoms. The number of nitrogens with one attached hydrogen (secondary N) is 1. The first-order chi connectivity index (χ1) is 17.6. The highest BCUT2D eigenvalue weighted by molar-refractivity contribution is 7.99. The summed E-state index contributed by atoms with van der Waals surface area (Å²) in [6.07, 6.45) is 1.51. The molecule has 4 rings (SSSR count). The third kappa shape index (κ3) is 5.66. The van der Waals surface area contributed by atoms with Gasteiger partial charge < -0.3 is 14.2 Å². The molecular formula is C26H25N5O4S. The first-order valence-electron chi connectivity index (χ1n) is 11.0. The Bertz CT molecular complexity index is 1320. The van der Waals surface area contributed by atoms with Crippen molar-refractivity contribution in [3.63, 3.8) is 0 Å². The zero-order valence-corrected chi connectivity index (χ0v) is 20.9. The molecule has 1 amide bonds. The average molecular weight is 504 g/mol. The smallest absolute Gasteiger partial charge is 0.250 e. The number of hydrogen-bond acceptors (Lipinski definition) is 8. The van der Waals surface area contributed by atoms with E-state index in [9.17, 15) is 4.79 Å². The van der Waals surface area contributed by atoms with E-state index in [0.717, 1.165) is 11.3 Å². The molecule has 0 aliphatic heterocycles. The van der Waals surface area contributed by atoms with Crippen LogP contribution in [0.5, 0.6) is 17.2 Å². The summed E-state index contributed by atoms with van der Waals surface area (Å²) in [5, 5.41) is 13.4. The summed E-state index contributed by atoms with van der Waals surface area (Å²) in [6.45, 7) is 0. The number of nitrogens with zero attached hydrogens (tertiary/aromatic N) is 4. The molecule has 1 N–H and O–H groups in total. The zero-order valence-electron chi connectivity index (χ0n) is 20.0. The van der Waals surface area contributed by atoms with Gasteiger partial charge in [0.25, 0.3) is 5.91 Å². The van der Waals surface area contributed by atoms with E-state index in [1.807, 2.05) is 65.2 Å². The van der Waals surface area contributed by atoms with E-state index in [4.69, 9.17) is 14.2 Å². The standard InChI is InChI=1S/C26H25N5O4S/c1-33-21-14-18(15-22(34-2)24(21)35-3)16-27-28-23(32)17-36-26-30-29-25(19-10-6-4-7-11-19)31(26)20-12-8-5-9-13-20/h4-16H,17H2,1-3H3,(H,28,32)/b27-16-. The highest BCUT2D eigenvalue weighted by atomic mass is 32.2. The largest absolute Gasteiger partial charge is 0.493 e. The van der Waals surface area contributed by atoms with Crippen LogP contribution in [-0.4, -0.2) is 54.0 Å². The van der Waals surface area contributed by atoms with Crippen LogP contribution >= 0.6 is 11.8 Å². The van der Waals surface area contributed by atoms with Crippen molar-refractivity contribution in [2.45, 2.75) is 5.16 Å². The molecule has 1 heterocycles. The number of amides is 1. The van der Waals surface area contributed by atoms with Gasteiger partial charge in [0.2, 0.25) is 5.75 Å². The van der Waals surface area contributed by atoms with Gasteiger partial charge in [0.1, 0.15) is 0 Å². The minimum Gasteiger partial charge on any atom is -0.493 e. The van der Waals surface area contributed by atoms with Crippen LogP contribution in [-0.2, 0) is 4.79 Å². The molecule has 0 aliphatic rings. The van der Waals surface area contributed by atoms with E-state index >= 15 is 0 Å². The third-order valence-electron chi connectivity index (χ3n) is 5.10. The lowest BCUT2D eigenvalue weighted by atomic mass is 10.2. The molecule has 0 radical (unpaired) electrons. The number of rotatable bonds is 10. The van der Waals surface area contributed by atoms with E-state index in [2.05, 4.69) is 20.7 Å². The molecule has 36 heavy (non-hydrogen) atoms. The van der Waals surface area contributed by atoms with Gasteiger partial charge >= 0.3 is 0 Å². The van der Waals surface area contributed by atoms with Crippen molar-refractivity contribution in [3.05, 3.63) is 78.4 Å². The van der Waals surface area contributed by atoms with Gasteiger partial charge in [-0.25, -0.2) is 5.43 Å². The van der Waals surface area contributed by atoms with Crippen molar-refractivity contribution in [1.82, 2.24) is 20.2 Å². The van der Waals surface area contributed by atoms with Crippen LogP contribution in [0, 0.1) is 0 Å². The average Bonchev–Trinajstić information content (AvgIpc) is 3.36. The first kappa shape index (κ1) is 24.8. The number of methoxy groups -OCH3 is 3. The number of benzene rings is 3. The Morgan fingerprint density at radius 2 is 1.58 bits per heavy atom. The van der Waals surface area contributed by atoms with Crippen LogP contribution in [0.4, 0.5) is 0 Å². The number of carbonyl (C=O) groups is 1. The lowest BCUT2D eigenvalue weighted by Gasteiger charge is -2.12. The maximum absolute atomic E-state index is 12.5. The summed E-state index contributed by atoms with van der Waals surface area (Å²) >= 11 is 1.28. The van der Waals surface area contributed by atoms with Gasteiger partial charge in [-0.3, -0.25) is 9.36 Å². The monoisotopic (exact) mass is 503 g/mol. The Morgan fingerprint density at radius 3 is 2.19 bits per heavy atom. The summed E-state index contributed by atoms with van der Waals surface area (Å²) in [6, 6.07) is 23.1. The Morgan fingerprint density at radius 1 is 0.944 bits per heavy atom. The molecule has 184 valence electrons. The molecule has 0 spiro atoms. The summed E-state index contributed by atoms with van der Waals surface area (Å²) < 4.78 is 17.9. The van der Waals surface area contributed by atoms with Crippen LogP contribution in [0.1, 0.15) is 5.56 Å². The maximum Gasteiger partial charge on any atom is 0.250 e. The van der Waals surface area contributed by atoms with Gasteiger partial charge in [-0.2, -0.15) is 5.10 Å². The number of carbonyl (C=O) groups excluding carboxylic acids is 1. The van der Waals surface area contributed by atoms with Crippen LogP contribution in [0.2, 0.25) is 0 Å². The number of thioether (sulfide) groups is 1. The lowest BCUT2D eigenvalue weighted by Crippen LogP contribution is -2.20. The van der Waals surface area contributed by atoms with Gasteiger partial charge in [-0.15, -0.1) is 10.2 Å². The zero-order chi connectivity index (χ0) is 25.3. The summed E-state index contributed by atoms with van der Waals surface area (Å²) in [5.74, 6) is 1.99. The van der Waals surface area contributed by atoms with E-state index in [-0.39, 0.29) is 11.7 Å². The fraction of sp³-hybridized carbons (Fsp3) is 0.154. The Kier molecular flexibility index (Phi) is 8.20. The van der Waals surface area contributed by atoms with Crippen molar-refractivity contribution in [2.75, 3.05) is 27.1 Å². The molecule has 1 aromatic heterocycles.